The molecule has 1 fully saturated rings. The van der Waals surface area contributed by atoms with Gasteiger partial charge in [-0.1, -0.05) is 6.92 Å². The minimum absolute atomic E-state index is 0.561. The smallest absolute Gasteiger partial charge is 0.191 e. The SMILES string of the molecule is CCCN=C(N)N(Cc1ccco1)C1CC1. The van der Waals surface area contributed by atoms with Gasteiger partial charge in [0, 0.05) is 12.6 Å². The zero-order valence-corrected chi connectivity index (χ0v) is 9.72. The van der Waals surface area contributed by atoms with Crippen molar-refractivity contribution < 1.29 is 4.42 Å². The summed E-state index contributed by atoms with van der Waals surface area (Å²) in [5.41, 5.74) is 6.00. The van der Waals surface area contributed by atoms with Crippen LogP contribution in [0.4, 0.5) is 0 Å². The second-order valence-corrected chi connectivity index (χ2v) is 4.18. The van der Waals surface area contributed by atoms with Gasteiger partial charge >= 0.3 is 0 Å². The van der Waals surface area contributed by atoms with Crippen molar-refractivity contribution in [2.24, 2.45) is 10.7 Å². The highest BCUT2D eigenvalue weighted by Gasteiger charge is 2.30. The van der Waals surface area contributed by atoms with Crippen LogP contribution in [0, 0.1) is 0 Å². The van der Waals surface area contributed by atoms with Crippen LogP contribution >= 0.6 is 0 Å². The second-order valence-electron chi connectivity index (χ2n) is 4.18. The predicted molar refractivity (Wildman–Crippen MR) is 64.1 cm³/mol. The molecule has 88 valence electrons. The van der Waals surface area contributed by atoms with Crippen LogP contribution in [0.25, 0.3) is 0 Å². The molecule has 0 amide bonds. The molecule has 1 aliphatic rings. The van der Waals surface area contributed by atoms with Crippen LogP contribution in [0.3, 0.4) is 0 Å². The van der Waals surface area contributed by atoms with Crippen LogP contribution in [-0.2, 0) is 6.54 Å². The molecule has 4 heteroatoms. The van der Waals surface area contributed by atoms with Crippen LogP contribution in [0.2, 0.25) is 0 Å². The van der Waals surface area contributed by atoms with Gasteiger partial charge in [-0.15, -0.1) is 0 Å². The Morgan fingerprint density at radius 2 is 2.44 bits per heavy atom. The summed E-state index contributed by atoms with van der Waals surface area (Å²) in [5.74, 6) is 1.60. The molecule has 0 bridgehead atoms. The number of hydrogen-bond acceptors (Lipinski definition) is 2. The van der Waals surface area contributed by atoms with Gasteiger partial charge in [-0.2, -0.15) is 0 Å². The first-order valence-corrected chi connectivity index (χ1v) is 5.90. The third kappa shape index (κ3) is 2.78. The highest BCUT2D eigenvalue weighted by Crippen LogP contribution is 2.28. The molecule has 1 aromatic rings. The molecule has 0 atom stereocenters. The van der Waals surface area contributed by atoms with Gasteiger partial charge in [0.1, 0.15) is 5.76 Å². The first kappa shape index (κ1) is 11.0. The Bertz CT molecular complexity index is 341. The molecular formula is C12H19N3O. The first-order valence-electron chi connectivity index (χ1n) is 5.90. The van der Waals surface area contributed by atoms with Gasteiger partial charge in [-0.25, -0.2) is 0 Å². The number of rotatable bonds is 5. The number of guanidine groups is 1. The average molecular weight is 221 g/mol. The maximum Gasteiger partial charge on any atom is 0.191 e. The van der Waals surface area contributed by atoms with E-state index in [9.17, 15) is 0 Å². The van der Waals surface area contributed by atoms with E-state index in [1.54, 1.807) is 6.26 Å². The molecule has 4 nitrogen and oxygen atoms in total. The normalized spacial score (nSPS) is 16.4. The van der Waals surface area contributed by atoms with Crippen LogP contribution in [0.15, 0.2) is 27.8 Å². The average Bonchev–Trinajstić information content (AvgIpc) is 3.00. The van der Waals surface area contributed by atoms with E-state index in [4.69, 9.17) is 10.2 Å². The van der Waals surface area contributed by atoms with Crippen molar-refractivity contribution in [3.63, 3.8) is 0 Å². The Hall–Kier alpha value is -1.45. The summed E-state index contributed by atoms with van der Waals surface area (Å²) in [5, 5.41) is 0. The van der Waals surface area contributed by atoms with E-state index in [1.165, 1.54) is 12.8 Å². The molecule has 1 heterocycles. The molecular weight excluding hydrogens is 202 g/mol. The fourth-order valence-electron chi connectivity index (χ4n) is 1.67. The highest BCUT2D eigenvalue weighted by molar-refractivity contribution is 5.78. The second kappa shape index (κ2) is 5.05. The van der Waals surface area contributed by atoms with E-state index in [0.29, 0.717) is 12.0 Å². The third-order valence-corrected chi connectivity index (χ3v) is 2.69. The van der Waals surface area contributed by atoms with Crippen molar-refractivity contribution in [1.29, 1.82) is 0 Å². The molecule has 1 aliphatic carbocycles. The van der Waals surface area contributed by atoms with Crippen LogP contribution in [-0.4, -0.2) is 23.4 Å². The largest absolute Gasteiger partial charge is 0.467 e. The Labute approximate surface area is 96.1 Å². The van der Waals surface area contributed by atoms with Crippen molar-refractivity contribution in [3.8, 4) is 0 Å². The number of furan rings is 1. The zero-order valence-electron chi connectivity index (χ0n) is 9.72. The molecule has 0 aromatic carbocycles. The van der Waals surface area contributed by atoms with Crippen LogP contribution in [0.1, 0.15) is 31.9 Å². The molecule has 1 saturated carbocycles. The number of hydrogen-bond donors (Lipinski definition) is 1. The lowest BCUT2D eigenvalue weighted by molar-refractivity contribution is 0.349. The fraction of sp³-hybridized carbons (Fsp3) is 0.583. The Morgan fingerprint density at radius 1 is 1.62 bits per heavy atom. The highest BCUT2D eigenvalue weighted by atomic mass is 16.3. The Kier molecular flexibility index (Phi) is 3.49. The fourth-order valence-corrected chi connectivity index (χ4v) is 1.67. The zero-order chi connectivity index (χ0) is 11.4. The summed E-state index contributed by atoms with van der Waals surface area (Å²) in [6.45, 7) is 3.63. The molecule has 2 N–H and O–H groups in total. The molecule has 0 radical (unpaired) electrons. The van der Waals surface area contributed by atoms with E-state index in [1.807, 2.05) is 12.1 Å². The molecule has 2 rings (SSSR count). The van der Waals surface area contributed by atoms with Gasteiger partial charge in [0.15, 0.2) is 5.96 Å². The summed E-state index contributed by atoms with van der Waals surface area (Å²) in [4.78, 5) is 6.51. The van der Waals surface area contributed by atoms with Gasteiger partial charge in [0.05, 0.1) is 12.8 Å². The summed E-state index contributed by atoms with van der Waals surface area (Å²) >= 11 is 0. The summed E-state index contributed by atoms with van der Waals surface area (Å²) < 4.78 is 5.34. The van der Waals surface area contributed by atoms with E-state index < -0.39 is 0 Å². The third-order valence-electron chi connectivity index (χ3n) is 2.69. The van der Waals surface area contributed by atoms with E-state index in [2.05, 4.69) is 16.8 Å². The molecule has 0 unspecified atom stereocenters. The van der Waals surface area contributed by atoms with Gasteiger partial charge in [-0.05, 0) is 31.4 Å². The minimum Gasteiger partial charge on any atom is -0.467 e. The van der Waals surface area contributed by atoms with Crippen molar-refractivity contribution in [2.45, 2.75) is 38.8 Å². The summed E-state index contributed by atoms with van der Waals surface area (Å²) in [7, 11) is 0. The topological polar surface area (TPSA) is 54.8 Å². The Morgan fingerprint density at radius 3 is 3.00 bits per heavy atom. The van der Waals surface area contributed by atoms with E-state index >= 15 is 0 Å². The number of nitrogens with zero attached hydrogens (tertiary/aromatic N) is 2. The Balaban J connectivity index is 1.99. The van der Waals surface area contributed by atoms with Crippen molar-refractivity contribution in [2.75, 3.05) is 6.54 Å². The lowest BCUT2D eigenvalue weighted by Gasteiger charge is -2.22. The monoisotopic (exact) mass is 221 g/mol. The van der Waals surface area contributed by atoms with Gasteiger partial charge < -0.3 is 15.1 Å². The lowest BCUT2D eigenvalue weighted by Crippen LogP contribution is -2.38. The molecule has 0 spiro atoms. The van der Waals surface area contributed by atoms with Crippen LogP contribution in [0.5, 0.6) is 0 Å². The quantitative estimate of drug-likeness (QED) is 0.611. The first-order chi connectivity index (χ1) is 7.81. The van der Waals surface area contributed by atoms with Crippen LogP contribution < -0.4 is 5.73 Å². The molecule has 0 aliphatic heterocycles. The maximum atomic E-state index is 6.00. The maximum absolute atomic E-state index is 6.00. The van der Waals surface area contributed by atoms with Gasteiger partial charge in [0.25, 0.3) is 0 Å². The van der Waals surface area contributed by atoms with Crippen molar-refractivity contribution in [3.05, 3.63) is 24.2 Å². The van der Waals surface area contributed by atoms with Gasteiger partial charge in [0.2, 0.25) is 0 Å². The molecule has 1 aromatic heterocycles. The molecule has 16 heavy (non-hydrogen) atoms. The lowest BCUT2D eigenvalue weighted by atomic mass is 10.4. The van der Waals surface area contributed by atoms with Crippen molar-refractivity contribution >= 4 is 5.96 Å². The standard InChI is InChI=1S/C12H19N3O/c1-2-7-14-12(13)15(10-5-6-10)9-11-4-3-8-16-11/h3-4,8,10H,2,5-7,9H2,1H3,(H2,13,14). The summed E-state index contributed by atoms with van der Waals surface area (Å²) in [6, 6.07) is 4.44. The number of nitrogens with two attached hydrogens (primary N) is 1. The summed E-state index contributed by atoms with van der Waals surface area (Å²) in [6.07, 6.45) is 5.14. The minimum atomic E-state index is 0.561. The van der Waals surface area contributed by atoms with E-state index in [-0.39, 0.29) is 0 Å². The van der Waals surface area contributed by atoms with Gasteiger partial charge in [-0.3, -0.25) is 4.99 Å². The van der Waals surface area contributed by atoms with E-state index in [0.717, 1.165) is 25.3 Å². The molecule has 0 saturated heterocycles. The van der Waals surface area contributed by atoms with Crippen molar-refractivity contribution in [1.82, 2.24) is 4.90 Å². The number of aliphatic imine (C=N–C) groups is 1. The predicted octanol–water partition coefficient (Wildman–Crippen LogP) is 1.97.